The van der Waals surface area contributed by atoms with Gasteiger partial charge in [-0.05, 0) is 47.7 Å². The summed E-state index contributed by atoms with van der Waals surface area (Å²) in [5.41, 5.74) is -0.213. The molecule has 0 radical (unpaired) electrons. The molecule has 2 aromatic heterocycles. The molecular formula is C17H12ClF3N6S2. The Balaban J connectivity index is 1.73. The van der Waals surface area contributed by atoms with Crippen LogP contribution in [0.1, 0.15) is 11.3 Å². The number of nitrogens with zero attached hydrogens (tertiary/aromatic N) is 4. The first-order valence-electron chi connectivity index (χ1n) is 8.00. The molecule has 0 aliphatic carbocycles. The average Bonchev–Trinajstić information content (AvgIpc) is 2.67. The second-order valence-electron chi connectivity index (χ2n) is 5.48. The fraction of sp³-hybridized carbons (Fsp3) is 0.118. The highest BCUT2D eigenvalue weighted by molar-refractivity contribution is 7.99. The normalized spacial score (nSPS) is 11.2. The molecule has 2 N–H and O–H groups in total. The van der Waals surface area contributed by atoms with Gasteiger partial charge in [0.25, 0.3) is 0 Å². The number of thiocarbonyl (C=S) groups is 1. The van der Waals surface area contributed by atoms with E-state index in [2.05, 4.69) is 30.6 Å². The zero-order chi connectivity index (χ0) is 20.9. The van der Waals surface area contributed by atoms with Gasteiger partial charge in [0.15, 0.2) is 16.0 Å². The van der Waals surface area contributed by atoms with Crippen molar-refractivity contribution in [3.05, 3.63) is 65.1 Å². The van der Waals surface area contributed by atoms with Crippen LogP contribution in [0.5, 0.6) is 0 Å². The Bertz CT molecular complexity index is 987. The minimum absolute atomic E-state index is 0.0292. The number of aromatic nitrogens is 4. The molecular weight excluding hydrogens is 445 g/mol. The molecule has 0 aliphatic rings. The van der Waals surface area contributed by atoms with E-state index in [1.807, 2.05) is 0 Å². The third-order valence-corrected chi connectivity index (χ3v) is 4.63. The van der Waals surface area contributed by atoms with E-state index in [9.17, 15) is 13.2 Å². The molecule has 0 spiro atoms. The molecule has 150 valence electrons. The smallest absolute Gasteiger partial charge is 0.358 e. The maximum atomic E-state index is 13.2. The number of alkyl halides is 3. The van der Waals surface area contributed by atoms with Gasteiger partial charge in [0.2, 0.25) is 5.95 Å². The Hall–Kier alpha value is -2.50. The quantitative estimate of drug-likeness (QED) is 0.328. The molecule has 1 aromatic carbocycles. The van der Waals surface area contributed by atoms with Crippen molar-refractivity contribution in [2.75, 3.05) is 5.32 Å². The summed E-state index contributed by atoms with van der Waals surface area (Å²) >= 11 is 11.8. The van der Waals surface area contributed by atoms with E-state index in [0.29, 0.717) is 11.6 Å². The lowest BCUT2D eigenvalue weighted by molar-refractivity contribution is -0.141. The standard InChI is InChI=1S/C17H12ClF3N6S2/c18-11-4-2-10(3-5-11)9-24-15(28)27-14-25-12(17(19,20)21)8-13(26-14)29-16-22-6-1-7-23-16/h1-8H,9H2,(H2,24,25,26,27,28). The number of benzene rings is 1. The summed E-state index contributed by atoms with van der Waals surface area (Å²) in [6.45, 7) is 0.349. The second kappa shape index (κ2) is 9.33. The summed E-state index contributed by atoms with van der Waals surface area (Å²) < 4.78 is 39.6. The molecule has 0 saturated heterocycles. The molecule has 0 bridgehead atoms. The first kappa shape index (κ1) is 21.2. The van der Waals surface area contributed by atoms with Gasteiger partial charge in [-0.15, -0.1) is 0 Å². The SMILES string of the molecule is FC(F)(F)c1cc(Sc2ncccn2)nc(NC(=S)NCc2ccc(Cl)cc2)n1. The molecule has 3 aromatic rings. The van der Waals surface area contributed by atoms with Gasteiger partial charge < -0.3 is 10.6 Å². The van der Waals surface area contributed by atoms with E-state index in [-0.39, 0.29) is 21.2 Å². The van der Waals surface area contributed by atoms with Gasteiger partial charge in [-0.3, -0.25) is 0 Å². The Morgan fingerprint density at radius 1 is 1.10 bits per heavy atom. The van der Waals surface area contributed by atoms with Crippen molar-refractivity contribution < 1.29 is 13.2 Å². The van der Waals surface area contributed by atoms with Crippen molar-refractivity contribution in [2.45, 2.75) is 22.9 Å². The van der Waals surface area contributed by atoms with Gasteiger partial charge in [0.05, 0.1) is 0 Å². The van der Waals surface area contributed by atoms with Crippen molar-refractivity contribution >= 4 is 46.6 Å². The molecule has 0 amide bonds. The van der Waals surface area contributed by atoms with Gasteiger partial charge in [0.1, 0.15) is 5.03 Å². The summed E-state index contributed by atoms with van der Waals surface area (Å²) in [4.78, 5) is 15.5. The minimum Gasteiger partial charge on any atom is -0.358 e. The van der Waals surface area contributed by atoms with Crippen molar-refractivity contribution in [3.63, 3.8) is 0 Å². The van der Waals surface area contributed by atoms with E-state index in [4.69, 9.17) is 23.8 Å². The maximum absolute atomic E-state index is 13.2. The maximum Gasteiger partial charge on any atom is 0.433 e. The van der Waals surface area contributed by atoms with Crippen molar-refractivity contribution in [1.82, 2.24) is 25.3 Å². The predicted molar refractivity (Wildman–Crippen MR) is 108 cm³/mol. The van der Waals surface area contributed by atoms with Gasteiger partial charge in [-0.1, -0.05) is 23.7 Å². The Morgan fingerprint density at radius 2 is 1.79 bits per heavy atom. The van der Waals surface area contributed by atoms with Crippen LogP contribution in [0.4, 0.5) is 19.1 Å². The van der Waals surface area contributed by atoms with Crippen LogP contribution in [0.2, 0.25) is 5.02 Å². The predicted octanol–water partition coefficient (Wildman–Crippen LogP) is 4.58. The molecule has 0 atom stereocenters. The van der Waals surface area contributed by atoms with Crippen LogP contribution >= 0.6 is 35.6 Å². The second-order valence-corrected chi connectivity index (χ2v) is 7.31. The molecule has 0 saturated carbocycles. The van der Waals surface area contributed by atoms with E-state index in [1.54, 1.807) is 30.3 Å². The number of rotatable bonds is 5. The number of halogens is 4. The molecule has 29 heavy (non-hydrogen) atoms. The summed E-state index contributed by atoms with van der Waals surface area (Å²) in [5, 5.41) is 6.42. The molecule has 2 heterocycles. The summed E-state index contributed by atoms with van der Waals surface area (Å²) in [6, 6.07) is 9.47. The van der Waals surface area contributed by atoms with Crippen LogP contribution in [0.3, 0.4) is 0 Å². The number of hydrogen-bond donors (Lipinski definition) is 2. The molecule has 0 unspecified atom stereocenters. The highest BCUT2D eigenvalue weighted by atomic mass is 35.5. The largest absolute Gasteiger partial charge is 0.433 e. The molecule has 3 rings (SSSR count). The molecule has 12 heteroatoms. The first-order valence-corrected chi connectivity index (χ1v) is 9.60. The van der Waals surface area contributed by atoms with Crippen molar-refractivity contribution in [1.29, 1.82) is 0 Å². The first-order chi connectivity index (χ1) is 13.8. The highest BCUT2D eigenvalue weighted by Crippen LogP contribution is 2.32. The van der Waals surface area contributed by atoms with E-state index in [1.165, 1.54) is 12.4 Å². The van der Waals surface area contributed by atoms with Crippen LogP contribution in [-0.2, 0) is 12.7 Å². The highest BCUT2D eigenvalue weighted by Gasteiger charge is 2.34. The van der Waals surface area contributed by atoms with Gasteiger partial charge in [-0.25, -0.2) is 19.9 Å². The van der Waals surface area contributed by atoms with Crippen LogP contribution in [0.25, 0.3) is 0 Å². The molecule has 0 aliphatic heterocycles. The zero-order valence-corrected chi connectivity index (χ0v) is 16.8. The zero-order valence-electron chi connectivity index (χ0n) is 14.4. The third-order valence-electron chi connectivity index (χ3n) is 3.32. The fourth-order valence-corrected chi connectivity index (χ4v) is 3.05. The fourth-order valence-electron chi connectivity index (χ4n) is 2.04. The number of anilines is 1. The monoisotopic (exact) mass is 456 g/mol. The van der Waals surface area contributed by atoms with E-state index in [0.717, 1.165) is 23.4 Å². The lowest BCUT2D eigenvalue weighted by Gasteiger charge is -2.13. The van der Waals surface area contributed by atoms with Crippen LogP contribution in [-0.4, -0.2) is 25.0 Å². The third kappa shape index (κ3) is 6.51. The topological polar surface area (TPSA) is 75.6 Å². The lowest BCUT2D eigenvalue weighted by atomic mass is 10.2. The molecule has 6 nitrogen and oxygen atoms in total. The number of nitrogens with one attached hydrogen (secondary N) is 2. The Labute approximate surface area is 178 Å². The lowest BCUT2D eigenvalue weighted by Crippen LogP contribution is -2.29. The van der Waals surface area contributed by atoms with Gasteiger partial charge in [0, 0.05) is 30.0 Å². The van der Waals surface area contributed by atoms with Crippen LogP contribution in [0.15, 0.2) is 59.0 Å². The summed E-state index contributed by atoms with van der Waals surface area (Å²) in [7, 11) is 0. The van der Waals surface area contributed by atoms with Crippen LogP contribution < -0.4 is 10.6 Å². The summed E-state index contributed by atoms with van der Waals surface area (Å²) in [5.74, 6) is -0.285. The number of hydrogen-bond acceptors (Lipinski definition) is 6. The van der Waals surface area contributed by atoms with E-state index >= 15 is 0 Å². The minimum atomic E-state index is -4.65. The van der Waals surface area contributed by atoms with E-state index < -0.39 is 11.9 Å². The van der Waals surface area contributed by atoms with Crippen molar-refractivity contribution in [3.8, 4) is 0 Å². The Morgan fingerprint density at radius 3 is 2.45 bits per heavy atom. The summed E-state index contributed by atoms with van der Waals surface area (Å²) in [6.07, 6.45) is -1.68. The molecule has 0 fully saturated rings. The Kier molecular flexibility index (Phi) is 6.83. The van der Waals surface area contributed by atoms with Gasteiger partial charge >= 0.3 is 6.18 Å². The van der Waals surface area contributed by atoms with Crippen molar-refractivity contribution in [2.24, 2.45) is 0 Å². The average molecular weight is 457 g/mol. The van der Waals surface area contributed by atoms with Crippen LogP contribution in [0, 0.1) is 0 Å². The van der Waals surface area contributed by atoms with Gasteiger partial charge in [-0.2, -0.15) is 13.2 Å².